The minimum absolute atomic E-state index is 0.0495. The molecular formula is C12H17N5O2S. The van der Waals surface area contributed by atoms with Crippen LogP contribution in [0.2, 0.25) is 0 Å². The van der Waals surface area contributed by atoms with E-state index in [1.807, 2.05) is 26.2 Å². The molecule has 0 aliphatic rings. The van der Waals surface area contributed by atoms with Gasteiger partial charge in [-0.05, 0) is 25.1 Å². The van der Waals surface area contributed by atoms with E-state index in [-0.39, 0.29) is 6.04 Å². The van der Waals surface area contributed by atoms with E-state index in [1.54, 1.807) is 29.1 Å². The Morgan fingerprint density at radius 2 is 2.05 bits per heavy atom. The molecule has 4 N–H and O–H groups in total. The Morgan fingerprint density at radius 1 is 1.35 bits per heavy atom. The summed E-state index contributed by atoms with van der Waals surface area (Å²) in [5, 5.41) is 12.3. The number of benzene rings is 1. The van der Waals surface area contributed by atoms with Gasteiger partial charge in [-0.3, -0.25) is 9.40 Å². The largest absolute Gasteiger partial charge is 0.378 e. The van der Waals surface area contributed by atoms with Gasteiger partial charge in [-0.2, -0.15) is 13.5 Å². The SMILES string of the molecule is CC(Nc1cccc(NS(N)(=O)=O)c1)c1cnn(C)c1. The van der Waals surface area contributed by atoms with Gasteiger partial charge in [0.1, 0.15) is 0 Å². The Balaban J connectivity index is 2.11. The van der Waals surface area contributed by atoms with Gasteiger partial charge in [-0.1, -0.05) is 6.07 Å². The van der Waals surface area contributed by atoms with Crippen LogP contribution in [0.4, 0.5) is 11.4 Å². The monoisotopic (exact) mass is 295 g/mol. The van der Waals surface area contributed by atoms with Crippen LogP contribution >= 0.6 is 0 Å². The van der Waals surface area contributed by atoms with Gasteiger partial charge in [0.15, 0.2) is 0 Å². The first-order valence-corrected chi connectivity index (χ1v) is 7.54. The number of hydrogen-bond donors (Lipinski definition) is 3. The third-order valence-corrected chi connectivity index (χ3v) is 3.25. The lowest BCUT2D eigenvalue weighted by Crippen LogP contribution is -2.21. The van der Waals surface area contributed by atoms with Gasteiger partial charge in [-0.15, -0.1) is 0 Å². The van der Waals surface area contributed by atoms with Crippen molar-refractivity contribution in [2.24, 2.45) is 12.2 Å². The molecule has 1 aromatic carbocycles. The van der Waals surface area contributed by atoms with Gasteiger partial charge in [0.2, 0.25) is 0 Å². The molecule has 2 rings (SSSR count). The number of rotatable bonds is 5. The van der Waals surface area contributed by atoms with E-state index in [1.165, 1.54) is 0 Å². The number of aryl methyl sites for hydroxylation is 1. The summed E-state index contributed by atoms with van der Waals surface area (Å²) in [6.07, 6.45) is 3.70. The van der Waals surface area contributed by atoms with E-state index in [0.29, 0.717) is 5.69 Å². The molecular weight excluding hydrogens is 278 g/mol. The summed E-state index contributed by atoms with van der Waals surface area (Å²) in [4.78, 5) is 0. The van der Waals surface area contributed by atoms with Crippen molar-refractivity contribution in [1.29, 1.82) is 0 Å². The number of anilines is 2. The molecule has 1 unspecified atom stereocenters. The van der Waals surface area contributed by atoms with Gasteiger partial charge in [0.05, 0.1) is 17.9 Å². The highest BCUT2D eigenvalue weighted by atomic mass is 32.2. The molecule has 0 bridgehead atoms. The molecule has 0 spiro atoms. The molecule has 1 heterocycles. The fourth-order valence-corrected chi connectivity index (χ4v) is 2.29. The molecule has 0 saturated heterocycles. The van der Waals surface area contributed by atoms with Crippen LogP contribution in [0, 0.1) is 0 Å². The first kappa shape index (κ1) is 14.4. The van der Waals surface area contributed by atoms with E-state index < -0.39 is 10.2 Å². The molecule has 1 atom stereocenters. The second kappa shape index (κ2) is 5.51. The molecule has 108 valence electrons. The van der Waals surface area contributed by atoms with Crippen molar-refractivity contribution in [2.45, 2.75) is 13.0 Å². The lowest BCUT2D eigenvalue weighted by molar-refractivity contribution is 0.603. The topological polar surface area (TPSA) is 102 Å². The number of nitrogens with one attached hydrogen (secondary N) is 2. The van der Waals surface area contributed by atoms with Crippen LogP contribution < -0.4 is 15.2 Å². The van der Waals surface area contributed by atoms with Gasteiger partial charge in [0, 0.05) is 24.5 Å². The summed E-state index contributed by atoms with van der Waals surface area (Å²) in [5.74, 6) is 0. The van der Waals surface area contributed by atoms with Crippen molar-refractivity contribution in [3.05, 3.63) is 42.2 Å². The van der Waals surface area contributed by atoms with Gasteiger partial charge in [0.25, 0.3) is 10.2 Å². The molecule has 0 aliphatic carbocycles. The quantitative estimate of drug-likeness (QED) is 0.771. The Labute approximate surface area is 118 Å². The van der Waals surface area contributed by atoms with E-state index in [2.05, 4.69) is 15.1 Å². The smallest absolute Gasteiger partial charge is 0.296 e. The Bertz CT molecular complexity index is 695. The highest BCUT2D eigenvalue weighted by Crippen LogP contribution is 2.21. The first-order chi connectivity index (χ1) is 9.33. The fraction of sp³-hybridized carbons (Fsp3) is 0.250. The summed E-state index contributed by atoms with van der Waals surface area (Å²) in [6.45, 7) is 2.00. The lowest BCUT2D eigenvalue weighted by atomic mass is 10.2. The average Bonchev–Trinajstić information content (AvgIpc) is 2.74. The zero-order valence-corrected chi connectivity index (χ0v) is 12.1. The highest BCUT2D eigenvalue weighted by molar-refractivity contribution is 7.90. The molecule has 0 saturated carbocycles. The van der Waals surface area contributed by atoms with Gasteiger partial charge >= 0.3 is 0 Å². The normalized spacial score (nSPS) is 12.9. The molecule has 1 aromatic heterocycles. The molecule has 2 aromatic rings. The maximum atomic E-state index is 11.0. The molecule has 20 heavy (non-hydrogen) atoms. The zero-order chi connectivity index (χ0) is 14.8. The van der Waals surface area contributed by atoms with E-state index in [0.717, 1.165) is 11.3 Å². The van der Waals surface area contributed by atoms with Crippen LogP contribution in [0.3, 0.4) is 0 Å². The second-order valence-corrected chi connectivity index (χ2v) is 5.84. The Morgan fingerprint density at radius 3 is 2.65 bits per heavy atom. The van der Waals surface area contributed by atoms with Crippen molar-refractivity contribution in [3.8, 4) is 0 Å². The standard InChI is InChI=1S/C12H17N5O2S/c1-9(10-7-14-17(2)8-10)15-11-4-3-5-12(6-11)16-20(13,18)19/h3-9,15-16H,1-2H3,(H2,13,18,19). The molecule has 0 amide bonds. The van der Waals surface area contributed by atoms with Crippen molar-refractivity contribution in [2.75, 3.05) is 10.0 Å². The second-order valence-electron chi connectivity index (χ2n) is 4.54. The number of nitrogens with zero attached hydrogens (tertiary/aromatic N) is 2. The molecule has 0 aliphatic heterocycles. The molecule has 0 fully saturated rings. The lowest BCUT2D eigenvalue weighted by Gasteiger charge is -2.14. The predicted molar refractivity (Wildman–Crippen MR) is 78.4 cm³/mol. The first-order valence-electron chi connectivity index (χ1n) is 5.99. The summed E-state index contributed by atoms with van der Waals surface area (Å²) in [5.41, 5.74) is 2.24. The van der Waals surface area contributed by atoms with Crippen molar-refractivity contribution < 1.29 is 8.42 Å². The summed E-state index contributed by atoms with van der Waals surface area (Å²) in [7, 11) is -1.91. The van der Waals surface area contributed by atoms with E-state index in [4.69, 9.17) is 5.14 Å². The van der Waals surface area contributed by atoms with Crippen LogP contribution in [-0.2, 0) is 17.3 Å². The van der Waals surface area contributed by atoms with Gasteiger partial charge < -0.3 is 5.32 Å². The van der Waals surface area contributed by atoms with Crippen LogP contribution in [-0.4, -0.2) is 18.2 Å². The minimum atomic E-state index is -3.76. The number of aromatic nitrogens is 2. The maximum absolute atomic E-state index is 11.0. The van der Waals surface area contributed by atoms with Crippen LogP contribution in [0.15, 0.2) is 36.7 Å². The molecule has 7 nitrogen and oxygen atoms in total. The van der Waals surface area contributed by atoms with Crippen molar-refractivity contribution >= 4 is 21.6 Å². The van der Waals surface area contributed by atoms with Gasteiger partial charge in [-0.25, -0.2) is 5.14 Å². The van der Waals surface area contributed by atoms with E-state index in [9.17, 15) is 8.42 Å². The van der Waals surface area contributed by atoms with Crippen LogP contribution in [0.25, 0.3) is 0 Å². The summed E-state index contributed by atoms with van der Waals surface area (Å²) >= 11 is 0. The molecule has 8 heteroatoms. The average molecular weight is 295 g/mol. The van der Waals surface area contributed by atoms with Crippen molar-refractivity contribution in [1.82, 2.24) is 9.78 Å². The third kappa shape index (κ3) is 3.97. The highest BCUT2D eigenvalue weighted by Gasteiger charge is 2.08. The Hall–Kier alpha value is -2.06. The number of nitrogens with two attached hydrogens (primary N) is 1. The minimum Gasteiger partial charge on any atom is -0.378 e. The number of hydrogen-bond acceptors (Lipinski definition) is 4. The third-order valence-electron chi connectivity index (χ3n) is 2.73. The van der Waals surface area contributed by atoms with Crippen molar-refractivity contribution in [3.63, 3.8) is 0 Å². The van der Waals surface area contributed by atoms with E-state index >= 15 is 0 Å². The predicted octanol–water partition coefficient (Wildman–Crippen LogP) is 1.21. The maximum Gasteiger partial charge on any atom is 0.296 e. The zero-order valence-electron chi connectivity index (χ0n) is 11.2. The fourth-order valence-electron chi connectivity index (χ4n) is 1.83. The molecule has 0 radical (unpaired) electrons. The van der Waals surface area contributed by atoms with Crippen LogP contribution in [0.5, 0.6) is 0 Å². The summed E-state index contributed by atoms with van der Waals surface area (Å²) < 4.78 is 25.9. The van der Waals surface area contributed by atoms with Crippen LogP contribution in [0.1, 0.15) is 18.5 Å². The summed E-state index contributed by atoms with van der Waals surface area (Å²) in [6, 6.07) is 6.95. The Kier molecular flexibility index (Phi) is 3.96.